The van der Waals surface area contributed by atoms with Gasteiger partial charge in [0.2, 0.25) is 5.91 Å². The maximum Gasteiger partial charge on any atom is 0.264 e. The number of carbonyl (C=O) groups is 2. The first-order valence-corrected chi connectivity index (χ1v) is 18.8. The second kappa shape index (κ2) is 11.2. The molecule has 1 N–H and O–H groups in total. The fraction of sp³-hybridized carbons (Fsp3) is 0.412. The number of anilines is 1. The van der Waals surface area contributed by atoms with Gasteiger partial charge >= 0.3 is 0 Å². The van der Waals surface area contributed by atoms with Crippen molar-refractivity contribution in [1.82, 2.24) is 4.90 Å². The smallest absolute Gasteiger partial charge is 0.264 e. The van der Waals surface area contributed by atoms with Gasteiger partial charge in [0.1, 0.15) is 5.75 Å². The fourth-order valence-electron chi connectivity index (χ4n) is 7.92. The number of aliphatic hydroxyl groups excluding tert-OH is 1. The van der Waals surface area contributed by atoms with E-state index in [9.17, 15) is 14.7 Å². The van der Waals surface area contributed by atoms with Gasteiger partial charge in [0.15, 0.2) is 5.60 Å². The lowest BCUT2D eigenvalue weighted by Gasteiger charge is -2.39. The predicted octanol–water partition coefficient (Wildman–Crippen LogP) is 4.99. The normalized spacial score (nSPS) is 26.5. The second-order valence-corrected chi connectivity index (χ2v) is 18.3. The van der Waals surface area contributed by atoms with Gasteiger partial charge < -0.3 is 24.4 Å². The molecule has 2 amide bonds. The van der Waals surface area contributed by atoms with Crippen LogP contribution in [0.4, 0.5) is 5.69 Å². The number of benzene rings is 3. The summed E-state index contributed by atoms with van der Waals surface area (Å²) in [5.41, 5.74) is 2.72. The minimum atomic E-state index is -2.37. The molecule has 0 unspecified atom stereocenters. The van der Waals surface area contributed by atoms with Gasteiger partial charge in [-0.15, -0.1) is 0 Å². The first-order valence-electron chi connectivity index (χ1n) is 14.9. The molecule has 7 nitrogen and oxygen atoms in total. The Kier molecular flexibility index (Phi) is 7.82. The Morgan fingerprint density at radius 2 is 1.81 bits per heavy atom. The average Bonchev–Trinajstić information content (AvgIpc) is 3.42. The third kappa shape index (κ3) is 4.76. The molecular weight excluding hydrogens is 624 g/mol. The predicted molar refractivity (Wildman–Crippen MR) is 173 cm³/mol. The lowest BCUT2D eigenvalue weighted by atomic mass is 9.82. The van der Waals surface area contributed by atoms with Gasteiger partial charge in [0.05, 0.1) is 46.0 Å². The molecule has 3 heterocycles. The molecule has 3 aromatic rings. The van der Waals surface area contributed by atoms with Gasteiger partial charge in [-0.05, 0) is 53.4 Å². The topological polar surface area (TPSA) is 79.3 Å². The molecule has 3 aliphatic rings. The van der Waals surface area contributed by atoms with Crippen LogP contribution in [0.15, 0.2) is 71.2 Å². The van der Waals surface area contributed by atoms with Crippen molar-refractivity contribution >= 4 is 46.7 Å². The zero-order valence-electron chi connectivity index (χ0n) is 25.3. The molecule has 0 aliphatic carbocycles. The van der Waals surface area contributed by atoms with E-state index in [2.05, 4.69) is 60.2 Å². The van der Waals surface area contributed by atoms with Crippen LogP contribution in [-0.2, 0) is 32.9 Å². The van der Waals surface area contributed by atoms with Gasteiger partial charge in [-0.2, -0.15) is 0 Å². The number of hydrogen-bond acceptors (Lipinski definition) is 5. The fourth-order valence-corrected chi connectivity index (χ4v) is 12.3. The molecule has 1 saturated heterocycles. The number of halogens is 1. The van der Waals surface area contributed by atoms with E-state index in [0.29, 0.717) is 13.0 Å². The molecule has 3 aliphatic heterocycles. The summed E-state index contributed by atoms with van der Waals surface area (Å²) >= 11 is 3.62. The molecule has 43 heavy (non-hydrogen) atoms. The first kappa shape index (κ1) is 30.1. The van der Waals surface area contributed by atoms with Crippen LogP contribution in [0.2, 0.25) is 18.6 Å². The minimum absolute atomic E-state index is 0.0446. The van der Waals surface area contributed by atoms with Crippen molar-refractivity contribution in [3.05, 3.63) is 87.9 Å². The van der Waals surface area contributed by atoms with Crippen molar-refractivity contribution in [3.63, 3.8) is 0 Å². The van der Waals surface area contributed by atoms with Crippen molar-refractivity contribution < 1.29 is 24.2 Å². The van der Waals surface area contributed by atoms with Gasteiger partial charge in [0, 0.05) is 29.5 Å². The van der Waals surface area contributed by atoms with Crippen molar-refractivity contribution in [2.45, 2.75) is 62.7 Å². The number of methoxy groups -OCH3 is 1. The Balaban J connectivity index is 1.41. The monoisotopic (exact) mass is 662 g/mol. The van der Waals surface area contributed by atoms with E-state index >= 15 is 0 Å². The number of rotatable bonds is 6. The highest BCUT2D eigenvalue weighted by Gasteiger charge is 2.66. The standard InChI is InChI=1S/C34H39BrN2O5Si/c1-21-32(43(4,5)27-13-11-26(41-3)12-14-27)30(42-34(21)28-17-24(35)10-15-29(28)36(2)33(34)40)18-31(39)37-19-23-9-7-6-8-22(23)16-25(37)20-38/h6-15,17,21,25,30,32,38H,16,18-20H2,1-5H3/t21-,25+,30+,32-,34+/m1/s1. The summed E-state index contributed by atoms with van der Waals surface area (Å²) in [5.74, 6) is 0.461. The van der Waals surface area contributed by atoms with E-state index in [0.717, 1.165) is 27.0 Å². The van der Waals surface area contributed by atoms with Gasteiger partial charge in [-0.3, -0.25) is 9.59 Å². The average molecular weight is 664 g/mol. The lowest BCUT2D eigenvalue weighted by molar-refractivity contribution is -0.150. The summed E-state index contributed by atoms with van der Waals surface area (Å²) in [6.45, 7) is 7.10. The van der Waals surface area contributed by atoms with Crippen LogP contribution in [-0.4, -0.2) is 62.8 Å². The van der Waals surface area contributed by atoms with Crippen LogP contribution in [0.25, 0.3) is 0 Å². The highest BCUT2D eigenvalue weighted by molar-refractivity contribution is 9.10. The molecule has 0 aromatic heterocycles. The van der Waals surface area contributed by atoms with Gasteiger partial charge in [-0.1, -0.05) is 77.5 Å². The molecule has 226 valence electrons. The molecule has 0 bridgehead atoms. The molecule has 6 rings (SSSR count). The first-order chi connectivity index (χ1) is 20.5. The molecule has 1 spiro atoms. The molecule has 9 heteroatoms. The summed E-state index contributed by atoms with van der Waals surface area (Å²) in [6.07, 6.45) is 0.275. The Hall–Kier alpha value is -2.98. The zero-order chi connectivity index (χ0) is 30.7. The SMILES string of the molecule is COc1ccc([Si](C)(C)[C@H]2[C@H](CC(=O)N3Cc4ccccc4C[C@H]3CO)O[C@@]3(C(=O)N(C)c4ccc(Br)cc43)[C@@H]2C)cc1. The Labute approximate surface area is 262 Å². The number of amides is 2. The molecule has 1 fully saturated rings. The molecular formula is C34H39BrN2O5Si. The summed E-state index contributed by atoms with van der Waals surface area (Å²) in [5, 5.41) is 11.5. The Morgan fingerprint density at radius 1 is 1.12 bits per heavy atom. The van der Waals surface area contributed by atoms with Crippen molar-refractivity contribution in [1.29, 1.82) is 0 Å². The number of likely N-dealkylation sites (N-methyl/N-ethyl adjacent to an activating group) is 1. The maximum absolute atomic E-state index is 14.2. The van der Waals surface area contributed by atoms with E-state index in [1.807, 2.05) is 47.4 Å². The second-order valence-electron chi connectivity index (χ2n) is 12.7. The number of fused-ring (bicyclic) bond motifs is 3. The summed E-state index contributed by atoms with van der Waals surface area (Å²) in [6, 6.07) is 21.9. The molecule has 0 saturated carbocycles. The van der Waals surface area contributed by atoms with Gasteiger partial charge in [-0.25, -0.2) is 0 Å². The minimum Gasteiger partial charge on any atom is -0.497 e. The highest BCUT2D eigenvalue weighted by atomic mass is 79.9. The quantitative estimate of drug-likeness (QED) is 0.377. The van der Waals surface area contributed by atoms with Crippen LogP contribution in [0, 0.1) is 5.92 Å². The van der Waals surface area contributed by atoms with Crippen LogP contribution < -0.4 is 14.8 Å². The van der Waals surface area contributed by atoms with Crippen LogP contribution in [0.1, 0.15) is 30.0 Å². The largest absolute Gasteiger partial charge is 0.497 e. The molecule has 5 atom stereocenters. The van der Waals surface area contributed by atoms with Crippen LogP contribution in [0.5, 0.6) is 5.75 Å². The number of hydrogen-bond donors (Lipinski definition) is 1. The van der Waals surface area contributed by atoms with Crippen molar-refractivity contribution in [2.24, 2.45) is 5.92 Å². The molecule has 0 radical (unpaired) electrons. The van der Waals surface area contributed by atoms with E-state index in [4.69, 9.17) is 9.47 Å². The van der Waals surface area contributed by atoms with E-state index in [1.54, 1.807) is 19.1 Å². The number of ether oxygens (including phenoxy) is 2. The number of carbonyl (C=O) groups excluding carboxylic acids is 2. The van der Waals surface area contributed by atoms with Gasteiger partial charge in [0.25, 0.3) is 5.91 Å². The number of aliphatic hydroxyl groups is 1. The highest BCUT2D eigenvalue weighted by Crippen LogP contribution is 2.60. The van der Waals surface area contributed by atoms with Crippen LogP contribution >= 0.6 is 15.9 Å². The Bertz CT molecular complexity index is 1560. The lowest BCUT2D eigenvalue weighted by Crippen LogP contribution is -2.52. The summed E-state index contributed by atoms with van der Waals surface area (Å²) < 4.78 is 13.4. The zero-order valence-corrected chi connectivity index (χ0v) is 27.9. The Morgan fingerprint density at radius 3 is 2.49 bits per heavy atom. The number of nitrogens with zero attached hydrogens (tertiary/aromatic N) is 2. The third-order valence-electron chi connectivity index (χ3n) is 10.2. The van der Waals surface area contributed by atoms with Crippen molar-refractivity contribution in [3.8, 4) is 5.75 Å². The van der Waals surface area contributed by atoms with E-state index in [-0.39, 0.29) is 42.3 Å². The van der Waals surface area contributed by atoms with Crippen molar-refractivity contribution in [2.75, 3.05) is 25.7 Å². The van der Waals surface area contributed by atoms with Crippen LogP contribution in [0.3, 0.4) is 0 Å². The maximum atomic E-state index is 14.2. The summed E-state index contributed by atoms with van der Waals surface area (Å²) in [7, 11) is 1.09. The van der Waals surface area contributed by atoms with E-state index in [1.165, 1.54) is 10.8 Å². The summed E-state index contributed by atoms with van der Waals surface area (Å²) in [4.78, 5) is 31.9. The third-order valence-corrected chi connectivity index (χ3v) is 15.0. The molecule has 3 aromatic carbocycles. The van der Waals surface area contributed by atoms with E-state index < -0.39 is 19.8 Å².